The minimum absolute atomic E-state index is 0. The molecule has 2 aliphatic rings. The summed E-state index contributed by atoms with van der Waals surface area (Å²) in [6, 6.07) is 2.09. The molecule has 0 saturated carbocycles. The average Bonchev–Trinajstić information content (AvgIpc) is 1.92. The second kappa shape index (κ2) is 5.40. The van der Waals surface area contributed by atoms with Gasteiger partial charge in [-0.1, -0.05) is 6.42 Å². The smallest absolute Gasteiger partial charge is 0.0110 e. The Morgan fingerprint density at radius 2 is 1.54 bits per heavy atom. The van der Waals surface area contributed by atoms with E-state index in [1.165, 1.54) is 32.1 Å². The maximum atomic E-state index is 5.96. The van der Waals surface area contributed by atoms with Crippen LogP contribution in [0.4, 0.5) is 0 Å². The van der Waals surface area contributed by atoms with Gasteiger partial charge in [-0.15, -0.1) is 24.8 Å². The molecular formula is C9H20Cl2N2. The third-order valence-corrected chi connectivity index (χ3v) is 3.38. The van der Waals surface area contributed by atoms with Crippen molar-refractivity contribution >= 4 is 24.8 Å². The van der Waals surface area contributed by atoms with Crippen LogP contribution in [0.15, 0.2) is 0 Å². The lowest BCUT2D eigenvalue weighted by Crippen LogP contribution is -2.53. The Morgan fingerprint density at radius 3 is 2.00 bits per heavy atom. The average molecular weight is 227 g/mol. The summed E-state index contributed by atoms with van der Waals surface area (Å²) in [6.07, 6.45) is 6.63. The van der Waals surface area contributed by atoms with E-state index in [4.69, 9.17) is 5.73 Å². The van der Waals surface area contributed by atoms with E-state index in [-0.39, 0.29) is 24.8 Å². The van der Waals surface area contributed by atoms with Crippen LogP contribution in [-0.4, -0.2) is 30.1 Å². The molecule has 2 nitrogen and oxygen atoms in total. The van der Waals surface area contributed by atoms with Crippen molar-refractivity contribution in [2.45, 2.75) is 50.2 Å². The Kier molecular flexibility index (Phi) is 5.61. The van der Waals surface area contributed by atoms with Crippen molar-refractivity contribution in [2.75, 3.05) is 7.05 Å². The van der Waals surface area contributed by atoms with E-state index < -0.39 is 0 Å². The van der Waals surface area contributed by atoms with Gasteiger partial charge >= 0.3 is 0 Å². The van der Waals surface area contributed by atoms with Gasteiger partial charge in [0.05, 0.1) is 0 Å². The Balaban J connectivity index is 0.000000720. The maximum absolute atomic E-state index is 5.96. The number of nitrogens with two attached hydrogens (primary N) is 1. The molecule has 80 valence electrons. The normalized spacial score (nSPS) is 38.8. The predicted molar refractivity (Wildman–Crippen MR) is 60.9 cm³/mol. The zero-order valence-corrected chi connectivity index (χ0v) is 9.74. The van der Waals surface area contributed by atoms with Crippen molar-refractivity contribution in [3.05, 3.63) is 0 Å². The third-order valence-electron chi connectivity index (χ3n) is 3.38. The van der Waals surface area contributed by atoms with E-state index in [0.29, 0.717) is 6.04 Å². The number of halogens is 2. The first-order valence-electron chi connectivity index (χ1n) is 4.75. The largest absolute Gasteiger partial charge is 0.328 e. The van der Waals surface area contributed by atoms with E-state index >= 15 is 0 Å². The van der Waals surface area contributed by atoms with Gasteiger partial charge < -0.3 is 10.6 Å². The number of piperidine rings is 2. The molecule has 0 radical (unpaired) electrons. The van der Waals surface area contributed by atoms with E-state index in [9.17, 15) is 0 Å². The number of rotatable bonds is 0. The van der Waals surface area contributed by atoms with Gasteiger partial charge in [0.1, 0.15) is 0 Å². The summed E-state index contributed by atoms with van der Waals surface area (Å²) in [5.41, 5.74) is 5.96. The molecule has 2 fully saturated rings. The Labute approximate surface area is 93.1 Å². The SMILES string of the molecule is CN1C2CCCC1CC(N)C2.Cl.Cl. The molecular weight excluding hydrogens is 207 g/mol. The first-order valence-corrected chi connectivity index (χ1v) is 4.75. The molecule has 0 aromatic carbocycles. The number of fused-ring (bicyclic) bond motifs is 2. The van der Waals surface area contributed by atoms with E-state index in [1.54, 1.807) is 0 Å². The molecule has 2 rings (SSSR count). The monoisotopic (exact) mass is 226 g/mol. The van der Waals surface area contributed by atoms with Crippen molar-refractivity contribution in [1.82, 2.24) is 4.90 Å². The fraction of sp³-hybridized carbons (Fsp3) is 1.00. The molecule has 13 heavy (non-hydrogen) atoms. The predicted octanol–water partition coefficient (Wildman–Crippen LogP) is 1.80. The summed E-state index contributed by atoms with van der Waals surface area (Å²) < 4.78 is 0. The lowest BCUT2D eigenvalue weighted by Gasteiger charge is -2.46. The second-order valence-corrected chi connectivity index (χ2v) is 4.14. The minimum atomic E-state index is 0. The van der Waals surface area contributed by atoms with Gasteiger partial charge in [0.15, 0.2) is 0 Å². The standard InChI is InChI=1S/C9H18N2.2ClH/c1-11-8-3-2-4-9(11)6-7(10)5-8;;/h7-9H,2-6,10H2,1H3;2*1H. The molecule has 0 spiro atoms. The highest BCUT2D eigenvalue weighted by atomic mass is 35.5. The van der Waals surface area contributed by atoms with Crippen LogP contribution in [0.1, 0.15) is 32.1 Å². The van der Waals surface area contributed by atoms with Crippen LogP contribution in [0, 0.1) is 0 Å². The quantitative estimate of drug-likeness (QED) is 0.683. The molecule has 2 saturated heterocycles. The highest BCUT2D eigenvalue weighted by Crippen LogP contribution is 2.31. The number of hydrogen-bond acceptors (Lipinski definition) is 2. The summed E-state index contributed by atoms with van der Waals surface area (Å²) in [6.45, 7) is 0. The lowest BCUT2D eigenvalue weighted by atomic mass is 9.83. The Morgan fingerprint density at radius 1 is 1.08 bits per heavy atom. The van der Waals surface area contributed by atoms with Gasteiger partial charge in [-0.2, -0.15) is 0 Å². The summed E-state index contributed by atoms with van der Waals surface area (Å²) in [4.78, 5) is 2.55. The summed E-state index contributed by atoms with van der Waals surface area (Å²) >= 11 is 0. The van der Waals surface area contributed by atoms with E-state index in [0.717, 1.165) is 12.1 Å². The van der Waals surface area contributed by atoms with Crippen molar-refractivity contribution in [2.24, 2.45) is 5.73 Å². The van der Waals surface area contributed by atoms with Crippen molar-refractivity contribution in [1.29, 1.82) is 0 Å². The Hall–Kier alpha value is 0.500. The molecule has 2 N–H and O–H groups in total. The van der Waals surface area contributed by atoms with Crippen LogP contribution in [0.5, 0.6) is 0 Å². The highest BCUT2D eigenvalue weighted by molar-refractivity contribution is 5.85. The van der Waals surface area contributed by atoms with E-state index in [1.807, 2.05) is 0 Å². The molecule has 0 aromatic rings. The molecule has 4 heteroatoms. The molecule has 2 heterocycles. The first-order chi connectivity index (χ1) is 5.27. The van der Waals surface area contributed by atoms with Crippen molar-refractivity contribution in [3.63, 3.8) is 0 Å². The minimum Gasteiger partial charge on any atom is -0.328 e. The molecule has 2 bridgehead atoms. The first kappa shape index (κ1) is 13.5. The summed E-state index contributed by atoms with van der Waals surface area (Å²) in [5.74, 6) is 0. The van der Waals surface area contributed by atoms with Crippen LogP contribution in [0.2, 0.25) is 0 Å². The van der Waals surface area contributed by atoms with Crippen molar-refractivity contribution in [3.8, 4) is 0 Å². The summed E-state index contributed by atoms with van der Waals surface area (Å²) in [7, 11) is 2.26. The molecule has 2 aliphatic heterocycles. The molecule has 2 unspecified atom stereocenters. The maximum Gasteiger partial charge on any atom is 0.0110 e. The van der Waals surface area contributed by atoms with Gasteiger partial charge in [0, 0.05) is 18.1 Å². The van der Waals surface area contributed by atoms with Crippen LogP contribution >= 0.6 is 24.8 Å². The second-order valence-electron chi connectivity index (χ2n) is 4.14. The van der Waals surface area contributed by atoms with Crippen LogP contribution < -0.4 is 5.73 Å². The highest BCUT2D eigenvalue weighted by Gasteiger charge is 2.34. The molecule has 0 aliphatic carbocycles. The number of nitrogens with zero attached hydrogens (tertiary/aromatic N) is 1. The van der Waals surface area contributed by atoms with Gasteiger partial charge in [0.25, 0.3) is 0 Å². The van der Waals surface area contributed by atoms with Crippen LogP contribution in [0.3, 0.4) is 0 Å². The molecule has 2 atom stereocenters. The van der Waals surface area contributed by atoms with Gasteiger partial charge in [-0.3, -0.25) is 0 Å². The molecule has 0 amide bonds. The third kappa shape index (κ3) is 2.72. The van der Waals surface area contributed by atoms with E-state index in [2.05, 4.69) is 11.9 Å². The molecule has 0 aromatic heterocycles. The Bertz CT molecular complexity index is 141. The van der Waals surface area contributed by atoms with Crippen molar-refractivity contribution < 1.29 is 0 Å². The van der Waals surface area contributed by atoms with Crippen LogP contribution in [0.25, 0.3) is 0 Å². The summed E-state index contributed by atoms with van der Waals surface area (Å²) in [5, 5.41) is 0. The fourth-order valence-corrected chi connectivity index (χ4v) is 2.66. The van der Waals surface area contributed by atoms with Gasteiger partial charge in [0.2, 0.25) is 0 Å². The van der Waals surface area contributed by atoms with Crippen LogP contribution in [-0.2, 0) is 0 Å². The fourth-order valence-electron chi connectivity index (χ4n) is 2.66. The zero-order chi connectivity index (χ0) is 7.84. The number of hydrogen-bond donors (Lipinski definition) is 1. The zero-order valence-electron chi connectivity index (χ0n) is 8.11. The van der Waals surface area contributed by atoms with Gasteiger partial charge in [-0.05, 0) is 32.7 Å². The lowest BCUT2D eigenvalue weighted by molar-refractivity contribution is 0.0570. The van der Waals surface area contributed by atoms with Gasteiger partial charge in [-0.25, -0.2) is 0 Å². The topological polar surface area (TPSA) is 29.3 Å².